The SMILES string of the molecule is Cc1ccc(C)c(C(=O)Nc2nn(Cc3c(F)cccc3Cl)cc2Br)c1. The van der Waals surface area contributed by atoms with Crippen molar-refractivity contribution in [2.24, 2.45) is 0 Å². The van der Waals surface area contributed by atoms with Crippen LogP contribution in [0.5, 0.6) is 0 Å². The van der Waals surface area contributed by atoms with Gasteiger partial charge in [0.15, 0.2) is 5.82 Å². The molecule has 7 heteroatoms. The monoisotopic (exact) mass is 435 g/mol. The molecule has 2 aromatic carbocycles. The second kappa shape index (κ2) is 7.60. The van der Waals surface area contributed by atoms with Crippen LogP contribution in [-0.4, -0.2) is 15.7 Å². The van der Waals surface area contributed by atoms with Crippen molar-refractivity contribution in [3.05, 3.63) is 80.2 Å². The summed E-state index contributed by atoms with van der Waals surface area (Å²) in [4.78, 5) is 12.6. The zero-order chi connectivity index (χ0) is 18.8. The number of anilines is 1. The molecule has 0 spiro atoms. The summed E-state index contributed by atoms with van der Waals surface area (Å²) in [5.41, 5.74) is 2.81. The molecular formula is C19H16BrClFN3O. The first-order valence-corrected chi connectivity index (χ1v) is 9.06. The van der Waals surface area contributed by atoms with Crippen LogP contribution in [0.2, 0.25) is 5.02 Å². The Labute approximate surface area is 164 Å². The molecule has 0 aliphatic heterocycles. The third kappa shape index (κ3) is 3.97. The average molecular weight is 437 g/mol. The van der Waals surface area contributed by atoms with E-state index in [0.717, 1.165) is 11.1 Å². The number of rotatable bonds is 4. The number of carbonyl (C=O) groups is 1. The number of amides is 1. The molecule has 0 atom stereocenters. The quantitative estimate of drug-likeness (QED) is 0.599. The second-order valence-corrected chi connectivity index (χ2v) is 7.26. The maximum absolute atomic E-state index is 14.0. The first-order chi connectivity index (χ1) is 12.3. The Hall–Kier alpha value is -2.18. The summed E-state index contributed by atoms with van der Waals surface area (Å²) in [5.74, 6) is -0.283. The van der Waals surface area contributed by atoms with Crippen LogP contribution in [0.25, 0.3) is 0 Å². The van der Waals surface area contributed by atoms with Gasteiger partial charge in [-0.1, -0.05) is 35.4 Å². The molecule has 0 saturated carbocycles. The highest BCUT2D eigenvalue weighted by Gasteiger charge is 2.15. The number of carbonyl (C=O) groups excluding carboxylic acids is 1. The fourth-order valence-electron chi connectivity index (χ4n) is 2.56. The van der Waals surface area contributed by atoms with Gasteiger partial charge >= 0.3 is 0 Å². The Morgan fingerprint density at radius 3 is 2.81 bits per heavy atom. The van der Waals surface area contributed by atoms with Crippen molar-refractivity contribution < 1.29 is 9.18 Å². The van der Waals surface area contributed by atoms with E-state index >= 15 is 0 Å². The summed E-state index contributed by atoms with van der Waals surface area (Å²) in [6, 6.07) is 10.2. The molecular weight excluding hydrogens is 421 g/mol. The van der Waals surface area contributed by atoms with Crippen molar-refractivity contribution in [3.8, 4) is 0 Å². The predicted molar refractivity (Wildman–Crippen MR) is 104 cm³/mol. The zero-order valence-electron chi connectivity index (χ0n) is 14.2. The molecule has 134 valence electrons. The molecule has 0 unspecified atom stereocenters. The normalized spacial score (nSPS) is 10.8. The van der Waals surface area contributed by atoms with Crippen LogP contribution >= 0.6 is 27.5 Å². The molecule has 1 amide bonds. The fourth-order valence-corrected chi connectivity index (χ4v) is 3.20. The molecule has 1 heterocycles. The van der Waals surface area contributed by atoms with Crippen LogP contribution in [0.3, 0.4) is 0 Å². The summed E-state index contributed by atoms with van der Waals surface area (Å²) in [6.45, 7) is 3.96. The standard InChI is InChI=1S/C19H16BrClFN3O/c1-11-6-7-12(2)13(8-11)19(26)23-18-15(20)10-25(24-18)9-14-16(21)4-3-5-17(14)22/h3-8,10H,9H2,1-2H3,(H,23,24,26). The van der Waals surface area contributed by atoms with Crippen LogP contribution in [0.15, 0.2) is 47.1 Å². The number of halogens is 3. The summed E-state index contributed by atoms with van der Waals surface area (Å²) in [6.07, 6.45) is 1.67. The van der Waals surface area contributed by atoms with Gasteiger partial charge in [0.25, 0.3) is 5.91 Å². The Morgan fingerprint density at radius 2 is 2.08 bits per heavy atom. The van der Waals surface area contributed by atoms with Crippen molar-refractivity contribution in [1.29, 1.82) is 0 Å². The maximum atomic E-state index is 14.0. The number of benzene rings is 2. The van der Waals surface area contributed by atoms with E-state index in [-0.39, 0.29) is 12.5 Å². The van der Waals surface area contributed by atoms with E-state index in [0.29, 0.717) is 26.4 Å². The lowest BCUT2D eigenvalue weighted by Gasteiger charge is -2.08. The minimum Gasteiger partial charge on any atom is -0.304 e. The van der Waals surface area contributed by atoms with Crippen molar-refractivity contribution in [3.63, 3.8) is 0 Å². The Morgan fingerprint density at radius 1 is 1.31 bits per heavy atom. The molecule has 3 aromatic rings. The minimum atomic E-state index is -0.398. The van der Waals surface area contributed by atoms with Crippen molar-refractivity contribution >= 4 is 39.3 Å². The molecule has 4 nitrogen and oxygen atoms in total. The van der Waals surface area contributed by atoms with Gasteiger partial charge in [-0.2, -0.15) is 5.10 Å². The summed E-state index contributed by atoms with van der Waals surface area (Å²) < 4.78 is 16.1. The first kappa shape index (κ1) is 18.6. The topological polar surface area (TPSA) is 46.9 Å². The lowest BCUT2D eigenvalue weighted by molar-refractivity contribution is 0.102. The van der Waals surface area contributed by atoms with Crippen LogP contribution < -0.4 is 5.32 Å². The molecule has 0 aliphatic rings. The largest absolute Gasteiger partial charge is 0.304 e. The predicted octanol–water partition coefficient (Wildman–Crippen LogP) is 5.36. The van der Waals surface area contributed by atoms with E-state index in [4.69, 9.17) is 11.6 Å². The maximum Gasteiger partial charge on any atom is 0.257 e. The number of hydrogen-bond donors (Lipinski definition) is 1. The van der Waals surface area contributed by atoms with Gasteiger partial charge in [0.2, 0.25) is 0 Å². The van der Waals surface area contributed by atoms with E-state index in [1.54, 1.807) is 18.3 Å². The van der Waals surface area contributed by atoms with Gasteiger partial charge in [-0.05, 0) is 53.5 Å². The molecule has 0 radical (unpaired) electrons. The molecule has 1 N–H and O–H groups in total. The van der Waals surface area contributed by atoms with Crippen LogP contribution in [0.1, 0.15) is 27.0 Å². The lowest BCUT2D eigenvalue weighted by Crippen LogP contribution is -2.15. The van der Waals surface area contributed by atoms with Crippen LogP contribution in [0, 0.1) is 19.7 Å². The zero-order valence-corrected chi connectivity index (χ0v) is 16.5. The Bertz CT molecular complexity index is 967. The van der Waals surface area contributed by atoms with Gasteiger partial charge in [0.1, 0.15) is 5.82 Å². The smallest absolute Gasteiger partial charge is 0.257 e. The van der Waals surface area contributed by atoms with Gasteiger partial charge in [0.05, 0.1) is 11.0 Å². The van der Waals surface area contributed by atoms with E-state index in [1.807, 2.05) is 32.0 Å². The highest BCUT2D eigenvalue weighted by atomic mass is 79.9. The van der Waals surface area contributed by atoms with Gasteiger partial charge < -0.3 is 5.32 Å². The Kier molecular flexibility index (Phi) is 5.44. The van der Waals surface area contributed by atoms with E-state index < -0.39 is 5.82 Å². The Balaban J connectivity index is 1.82. The van der Waals surface area contributed by atoms with E-state index in [9.17, 15) is 9.18 Å². The highest BCUT2D eigenvalue weighted by molar-refractivity contribution is 9.10. The van der Waals surface area contributed by atoms with E-state index in [1.165, 1.54) is 10.7 Å². The average Bonchev–Trinajstić information content (AvgIpc) is 2.93. The molecule has 1 aromatic heterocycles. The minimum absolute atomic E-state index is 0.156. The molecule has 0 aliphatic carbocycles. The number of aryl methyl sites for hydroxylation is 2. The first-order valence-electron chi connectivity index (χ1n) is 7.89. The summed E-state index contributed by atoms with van der Waals surface area (Å²) in [7, 11) is 0. The number of nitrogens with zero attached hydrogens (tertiary/aromatic N) is 2. The third-order valence-electron chi connectivity index (χ3n) is 3.97. The molecule has 26 heavy (non-hydrogen) atoms. The van der Waals surface area contributed by atoms with Crippen molar-refractivity contribution in [2.45, 2.75) is 20.4 Å². The van der Waals surface area contributed by atoms with Gasteiger partial charge in [-0.25, -0.2) is 4.39 Å². The number of hydrogen-bond acceptors (Lipinski definition) is 2. The molecule has 3 rings (SSSR count). The van der Waals surface area contributed by atoms with Gasteiger partial charge in [-0.3, -0.25) is 9.48 Å². The molecule has 0 bridgehead atoms. The fraction of sp³-hybridized carbons (Fsp3) is 0.158. The molecule has 0 saturated heterocycles. The van der Waals surface area contributed by atoms with Crippen molar-refractivity contribution in [1.82, 2.24) is 9.78 Å². The number of aromatic nitrogens is 2. The van der Waals surface area contributed by atoms with Crippen LogP contribution in [0.4, 0.5) is 10.2 Å². The van der Waals surface area contributed by atoms with Gasteiger partial charge in [0, 0.05) is 22.3 Å². The second-order valence-electron chi connectivity index (χ2n) is 6.00. The lowest BCUT2D eigenvalue weighted by atomic mass is 10.1. The molecule has 0 fully saturated rings. The third-order valence-corrected chi connectivity index (χ3v) is 4.90. The number of nitrogens with one attached hydrogen (secondary N) is 1. The summed E-state index contributed by atoms with van der Waals surface area (Å²) >= 11 is 9.44. The summed E-state index contributed by atoms with van der Waals surface area (Å²) in [5, 5.41) is 7.43. The van der Waals surface area contributed by atoms with Crippen molar-refractivity contribution in [2.75, 3.05) is 5.32 Å². The van der Waals surface area contributed by atoms with E-state index in [2.05, 4.69) is 26.3 Å². The van der Waals surface area contributed by atoms with Gasteiger partial charge in [-0.15, -0.1) is 0 Å². The highest BCUT2D eigenvalue weighted by Crippen LogP contribution is 2.25. The van der Waals surface area contributed by atoms with Crippen LogP contribution in [-0.2, 0) is 6.54 Å².